The van der Waals surface area contributed by atoms with Gasteiger partial charge in [0, 0.05) is 10.7 Å². The van der Waals surface area contributed by atoms with Gasteiger partial charge in [-0.25, -0.2) is 4.79 Å². The van der Waals surface area contributed by atoms with Crippen molar-refractivity contribution in [1.82, 2.24) is 25.1 Å². The molecule has 3 rings (SSSR count). The van der Waals surface area contributed by atoms with Crippen molar-refractivity contribution in [3.63, 3.8) is 0 Å². The van der Waals surface area contributed by atoms with Crippen molar-refractivity contribution in [2.45, 2.75) is 35.9 Å². The predicted octanol–water partition coefficient (Wildman–Crippen LogP) is -6.39. The normalized spacial score (nSPS) is 22.9. The average Bonchev–Trinajstić information content (AvgIpc) is 3.13. The number of carboxylic acid groups (broad SMARTS) is 1. The zero-order valence-electron chi connectivity index (χ0n) is 18.0. The molecule has 0 aliphatic carbocycles. The number of carbonyl (C=O) groups excluding carboxylic acids is 1. The summed E-state index contributed by atoms with van der Waals surface area (Å²) in [5, 5.41) is 27.9. The Labute approximate surface area is 221 Å². The number of aliphatic hydroxyl groups excluding tert-OH is 1. The van der Waals surface area contributed by atoms with E-state index in [1.807, 2.05) is 0 Å². The van der Waals surface area contributed by atoms with E-state index in [0.29, 0.717) is 4.91 Å². The fourth-order valence-corrected chi connectivity index (χ4v) is 5.84. The largest absolute Gasteiger partial charge is 1.00 e. The van der Waals surface area contributed by atoms with Crippen LogP contribution in [0.2, 0.25) is 0 Å². The number of hydrogen-bond donors (Lipinski definition) is 3. The van der Waals surface area contributed by atoms with Gasteiger partial charge in [-0.3, -0.25) is 14.2 Å². The summed E-state index contributed by atoms with van der Waals surface area (Å²) in [4.78, 5) is 25.3. The van der Waals surface area contributed by atoms with Crippen LogP contribution in [0.3, 0.4) is 0 Å². The number of amides is 1. The third-order valence-electron chi connectivity index (χ3n) is 4.15. The standard InChI is InChI=1S/C12H15N5O7S3.2Na.2H/c1-4(18)7-9(19)16-8(11(20)21)6(26-10(7)16)3-25-12-13-14-15-17(12)5(2)27(22,23)24;;;;/h4-5,7,10,18H,3H2,1-2H3,(H,20,21)(H,22,23,24);;;;/q;2*+1;2*-1/t4?,5?,7-,10+;;;;/m0..../s1. The first-order chi connectivity index (χ1) is 12.5. The maximum absolute atomic E-state index is 12.1. The molecule has 2 aliphatic heterocycles. The molecular formula is C12H17N5Na2O7S3. The summed E-state index contributed by atoms with van der Waals surface area (Å²) >= 11 is 2.12. The third kappa shape index (κ3) is 5.22. The molecule has 3 N–H and O–H groups in total. The molecule has 29 heavy (non-hydrogen) atoms. The molecule has 0 saturated carbocycles. The molecule has 0 radical (unpaired) electrons. The second kappa shape index (κ2) is 10.3. The molecule has 12 nitrogen and oxygen atoms in total. The van der Waals surface area contributed by atoms with Crippen LogP contribution < -0.4 is 59.1 Å². The fraction of sp³-hybridized carbons (Fsp3) is 0.583. The Morgan fingerprint density at radius 3 is 2.52 bits per heavy atom. The van der Waals surface area contributed by atoms with Crippen molar-refractivity contribution in [2.75, 3.05) is 5.75 Å². The molecule has 17 heteroatoms. The van der Waals surface area contributed by atoms with Crippen molar-refractivity contribution in [2.24, 2.45) is 5.92 Å². The molecule has 0 bridgehead atoms. The summed E-state index contributed by atoms with van der Waals surface area (Å²) < 4.78 is 32.6. The van der Waals surface area contributed by atoms with Crippen molar-refractivity contribution in [1.29, 1.82) is 0 Å². The number of carbonyl (C=O) groups is 2. The number of hydrogen-bond acceptors (Lipinski definition) is 10. The predicted molar refractivity (Wildman–Crippen MR) is 95.1 cm³/mol. The minimum Gasteiger partial charge on any atom is -1.00 e. The Morgan fingerprint density at radius 1 is 1.38 bits per heavy atom. The van der Waals surface area contributed by atoms with Crippen molar-refractivity contribution in [3.8, 4) is 0 Å². The Morgan fingerprint density at radius 2 is 2.00 bits per heavy atom. The van der Waals surface area contributed by atoms with Gasteiger partial charge in [-0.2, -0.15) is 13.1 Å². The summed E-state index contributed by atoms with van der Waals surface area (Å²) in [5.41, 5.74) is -0.166. The number of tetrazole rings is 1. The van der Waals surface area contributed by atoms with Gasteiger partial charge in [0.15, 0.2) is 5.37 Å². The number of β-lactam (4-membered cyclic amide) rings is 1. The molecule has 1 aromatic rings. The number of fused-ring (bicyclic) bond motifs is 1. The van der Waals surface area contributed by atoms with Crippen molar-refractivity contribution < 1.29 is 94.7 Å². The first kappa shape index (κ1) is 27.4. The number of aliphatic carboxylic acids is 1. The van der Waals surface area contributed by atoms with Crippen LogP contribution in [0.25, 0.3) is 0 Å². The fourth-order valence-electron chi connectivity index (χ4n) is 2.72. The van der Waals surface area contributed by atoms with E-state index in [0.717, 1.165) is 33.1 Å². The molecule has 4 atom stereocenters. The van der Waals surface area contributed by atoms with Gasteiger partial charge in [0.2, 0.25) is 11.1 Å². The first-order valence-electron chi connectivity index (χ1n) is 7.55. The zero-order valence-corrected chi connectivity index (χ0v) is 22.4. The summed E-state index contributed by atoms with van der Waals surface area (Å²) in [6, 6.07) is 0. The molecule has 3 heterocycles. The second-order valence-corrected chi connectivity index (χ2v) is 9.74. The summed E-state index contributed by atoms with van der Waals surface area (Å²) in [7, 11) is -4.43. The van der Waals surface area contributed by atoms with Crippen LogP contribution in [0, 0.1) is 5.92 Å². The van der Waals surface area contributed by atoms with Gasteiger partial charge in [0.05, 0.1) is 12.0 Å². The van der Waals surface area contributed by atoms with E-state index in [9.17, 15) is 28.2 Å². The molecular weight excluding hydrogens is 468 g/mol. The van der Waals surface area contributed by atoms with Crippen LogP contribution in [0.1, 0.15) is 22.1 Å². The minimum atomic E-state index is -4.43. The van der Waals surface area contributed by atoms with Gasteiger partial charge < -0.3 is 13.1 Å². The topological polar surface area (TPSA) is 176 Å². The average molecular weight is 485 g/mol. The molecule has 1 aromatic heterocycles. The maximum Gasteiger partial charge on any atom is 1.00 e. The Kier molecular flexibility index (Phi) is 9.71. The monoisotopic (exact) mass is 485 g/mol. The molecule has 1 amide bonds. The quantitative estimate of drug-likeness (QED) is 0.144. The SMILES string of the molecule is CC(O)[C@H]1C(=O)N2C(C(=O)O)=C(CSc3nnnn3C(C)S(=O)(=O)O)S[C@H]12.[H-].[H-].[Na+].[Na+]. The molecule has 2 aliphatic rings. The van der Waals surface area contributed by atoms with Crippen LogP contribution in [0.5, 0.6) is 0 Å². The van der Waals surface area contributed by atoms with Gasteiger partial charge in [-0.1, -0.05) is 11.8 Å². The molecule has 2 unspecified atom stereocenters. The maximum atomic E-state index is 12.1. The first-order valence-corrected chi connectivity index (χ1v) is 10.9. The van der Waals surface area contributed by atoms with E-state index in [4.69, 9.17) is 4.55 Å². The van der Waals surface area contributed by atoms with Gasteiger partial charge in [-0.15, -0.1) is 16.9 Å². The van der Waals surface area contributed by atoms with Crippen LogP contribution >= 0.6 is 23.5 Å². The van der Waals surface area contributed by atoms with Crippen molar-refractivity contribution in [3.05, 3.63) is 10.6 Å². The molecule has 152 valence electrons. The number of thioether (sulfide) groups is 2. The number of carboxylic acids is 1. The summed E-state index contributed by atoms with van der Waals surface area (Å²) in [6.07, 6.45) is -0.906. The van der Waals surface area contributed by atoms with Gasteiger partial charge in [0.25, 0.3) is 10.1 Å². The van der Waals surface area contributed by atoms with Crippen LogP contribution in [0.15, 0.2) is 15.8 Å². The number of aromatic nitrogens is 4. The summed E-state index contributed by atoms with van der Waals surface area (Å²) in [6.45, 7) is 2.67. The van der Waals surface area contributed by atoms with Gasteiger partial charge in [-0.05, 0) is 24.3 Å². The molecule has 1 saturated heterocycles. The van der Waals surface area contributed by atoms with Gasteiger partial charge in [0.1, 0.15) is 11.1 Å². The number of nitrogens with zero attached hydrogens (tertiary/aromatic N) is 5. The Balaban J connectivity index is 0. The van der Waals surface area contributed by atoms with Crippen LogP contribution in [-0.2, 0) is 19.7 Å². The van der Waals surface area contributed by atoms with E-state index >= 15 is 0 Å². The Hall–Kier alpha value is 0.320. The number of aliphatic hydroxyl groups is 1. The number of rotatable bonds is 7. The van der Waals surface area contributed by atoms with Crippen LogP contribution in [-0.4, -0.2) is 77.4 Å². The smallest absolute Gasteiger partial charge is 1.00 e. The minimum absolute atomic E-state index is 0. The van der Waals surface area contributed by atoms with Gasteiger partial charge >= 0.3 is 65.1 Å². The molecule has 1 fully saturated rings. The van der Waals surface area contributed by atoms with E-state index in [2.05, 4.69) is 15.5 Å². The third-order valence-corrected chi connectivity index (χ3v) is 7.72. The van der Waals surface area contributed by atoms with Crippen molar-refractivity contribution >= 4 is 45.5 Å². The van der Waals surface area contributed by atoms with E-state index in [-0.39, 0.29) is 78.6 Å². The Bertz CT molecular complexity index is 949. The second-order valence-electron chi connectivity index (χ2n) is 5.87. The van der Waals surface area contributed by atoms with E-state index in [1.54, 1.807) is 0 Å². The van der Waals surface area contributed by atoms with Crippen LogP contribution in [0.4, 0.5) is 0 Å². The van der Waals surface area contributed by atoms with E-state index in [1.165, 1.54) is 13.8 Å². The van der Waals surface area contributed by atoms with E-state index < -0.39 is 44.8 Å². The molecule has 0 aromatic carbocycles. The zero-order chi connectivity index (χ0) is 20.1. The summed E-state index contributed by atoms with van der Waals surface area (Å²) in [5.74, 6) is -2.34. The molecule has 0 spiro atoms.